The maximum absolute atomic E-state index is 9.44. The molecule has 1 atom stereocenters. The first-order valence-corrected chi connectivity index (χ1v) is 5.40. The maximum Gasteiger partial charge on any atom is 0.129 e. The number of nitrogens with zero attached hydrogens (tertiary/aromatic N) is 1. The van der Waals surface area contributed by atoms with Crippen LogP contribution in [0.25, 0.3) is 0 Å². The summed E-state index contributed by atoms with van der Waals surface area (Å²) in [4.78, 5) is 2.21. The van der Waals surface area contributed by atoms with Gasteiger partial charge in [0, 0.05) is 25.4 Å². The minimum Gasteiger partial charge on any atom is -0.508 e. The van der Waals surface area contributed by atoms with Crippen LogP contribution in [0.1, 0.15) is 19.3 Å². The van der Waals surface area contributed by atoms with E-state index in [1.54, 1.807) is 19.2 Å². The van der Waals surface area contributed by atoms with E-state index in [-0.39, 0.29) is 6.23 Å². The van der Waals surface area contributed by atoms with Crippen molar-refractivity contribution in [2.75, 3.05) is 18.6 Å². The Hall–Kier alpha value is -1.22. The Balaban J connectivity index is 2.20. The summed E-state index contributed by atoms with van der Waals surface area (Å²) in [6.45, 7) is 1.00. The number of ether oxygens (including phenoxy) is 1. The molecule has 1 heterocycles. The van der Waals surface area contributed by atoms with Gasteiger partial charge in [0.15, 0.2) is 0 Å². The first-order chi connectivity index (χ1) is 7.31. The zero-order valence-electron chi connectivity index (χ0n) is 9.02. The van der Waals surface area contributed by atoms with Crippen LogP contribution in [0, 0.1) is 0 Å². The molecule has 1 unspecified atom stereocenters. The smallest absolute Gasteiger partial charge is 0.129 e. The minimum absolute atomic E-state index is 0.153. The van der Waals surface area contributed by atoms with Gasteiger partial charge in [0.05, 0.1) is 0 Å². The van der Waals surface area contributed by atoms with Crippen molar-refractivity contribution >= 4 is 5.69 Å². The second-order valence-electron chi connectivity index (χ2n) is 3.90. The number of aromatic hydroxyl groups is 1. The average molecular weight is 207 g/mol. The fourth-order valence-corrected chi connectivity index (χ4v) is 2.11. The number of phenolic OH excluding ortho intramolecular Hbond substituents is 1. The third-order valence-electron chi connectivity index (χ3n) is 2.88. The van der Waals surface area contributed by atoms with Crippen molar-refractivity contribution in [3.63, 3.8) is 0 Å². The molecule has 1 aromatic carbocycles. The number of anilines is 1. The van der Waals surface area contributed by atoms with Gasteiger partial charge in [-0.05, 0) is 31.4 Å². The molecule has 0 spiro atoms. The van der Waals surface area contributed by atoms with E-state index in [0.29, 0.717) is 5.75 Å². The molecule has 0 radical (unpaired) electrons. The van der Waals surface area contributed by atoms with Crippen molar-refractivity contribution in [2.24, 2.45) is 0 Å². The Bertz CT molecular complexity index is 327. The Morgan fingerprint density at radius 2 is 2.27 bits per heavy atom. The summed E-state index contributed by atoms with van der Waals surface area (Å²) in [6, 6.07) is 7.36. The van der Waals surface area contributed by atoms with Crippen LogP contribution in [-0.4, -0.2) is 25.0 Å². The van der Waals surface area contributed by atoms with Crippen LogP contribution in [0.2, 0.25) is 0 Å². The van der Waals surface area contributed by atoms with Crippen molar-refractivity contribution < 1.29 is 9.84 Å². The summed E-state index contributed by atoms with van der Waals surface area (Å²) in [6.07, 6.45) is 3.62. The van der Waals surface area contributed by atoms with E-state index < -0.39 is 0 Å². The second-order valence-corrected chi connectivity index (χ2v) is 3.90. The lowest BCUT2D eigenvalue weighted by molar-refractivity contribution is 0.0784. The normalized spacial score (nSPS) is 21.7. The van der Waals surface area contributed by atoms with E-state index in [0.717, 1.165) is 18.7 Å². The number of hydrogen-bond donors (Lipinski definition) is 1. The number of rotatable bonds is 2. The van der Waals surface area contributed by atoms with Crippen LogP contribution < -0.4 is 4.90 Å². The SMILES string of the molecule is COC1CCCCN1c1cccc(O)c1. The monoisotopic (exact) mass is 207 g/mol. The number of methoxy groups -OCH3 is 1. The highest BCUT2D eigenvalue weighted by Crippen LogP contribution is 2.27. The standard InChI is InChI=1S/C12H17NO2/c1-15-12-7-2-3-8-13(12)10-5-4-6-11(14)9-10/h4-6,9,12,14H,2-3,7-8H2,1H3. The lowest BCUT2D eigenvalue weighted by Crippen LogP contribution is -2.40. The topological polar surface area (TPSA) is 32.7 Å². The van der Waals surface area contributed by atoms with Gasteiger partial charge >= 0.3 is 0 Å². The molecule has 0 aromatic heterocycles. The summed E-state index contributed by atoms with van der Waals surface area (Å²) < 4.78 is 5.44. The Morgan fingerprint density at radius 1 is 1.40 bits per heavy atom. The predicted octanol–water partition coefficient (Wildman–Crippen LogP) is 2.36. The molecule has 1 aliphatic rings. The van der Waals surface area contributed by atoms with Gasteiger partial charge in [-0.1, -0.05) is 6.07 Å². The summed E-state index contributed by atoms with van der Waals surface area (Å²) in [5, 5.41) is 9.44. The van der Waals surface area contributed by atoms with Crippen LogP contribution in [0.15, 0.2) is 24.3 Å². The number of piperidine rings is 1. The zero-order valence-corrected chi connectivity index (χ0v) is 9.02. The predicted molar refractivity (Wildman–Crippen MR) is 60.1 cm³/mol. The van der Waals surface area contributed by atoms with Crippen LogP contribution in [0.3, 0.4) is 0 Å². The fourth-order valence-electron chi connectivity index (χ4n) is 2.11. The molecule has 15 heavy (non-hydrogen) atoms. The fraction of sp³-hybridized carbons (Fsp3) is 0.500. The lowest BCUT2D eigenvalue weighted by atomic mass is 10.1. The van der Waals surface area contributed by atoms with Gasteiger partial charge in [0.1, 0.15) is 12.0 Å². The third kappa shape index (κ3) is 2.23. The molecule has 1 aromatic rings. The second kappa shape index (κ2) is 4.53. The molecule has 0 amide bonds. The molecule has 0 saturated carbocycles. The molecule has 0 bridgehead atoms. The first kappa shape index (κ1) is 10.3. The van der Waals surface area contributed by atoms with Gasteiger partial charge in [-0.25, -0.2) is 0 Å². The number of hydrogen-bond acceptors (Lipinski definition) is 3. The maximum atomic E-state index is 9.44. The van der Waals surface area contributed by atoms with E-state index in [1.807, 2.05) is 12.1 Å². The van der Waals surface area contributed by atoms with Crippen molar-refractivity contribution in [3.05, 3.63) is 24.3 Å². The quantitative estimate of drug-likeness (QED) is 0.808. The lowest BCUT2D eigenvalue weighted by Gasteiger charge is -2.36. The molecular formula is C12H17NO2. The summed E-state index contributed by atoms with van der Waals surface area (Å²) >= 11 is 0. The zero-order chi connectivity index (χ0) is 10.7. The Morgan fingerprint density at radius 3 is 3.00 bits per heavy atom. The molecule has 2 rings (SSSR count). The van der Waals surface area contributed by atoms with Crippen LogP contribution in [-0.2, 0) is 4.74 Å². The molecule has 0 aliphatic carbocycles. The largest absolute Gasteiger partial charge is 0.508 e. The number of phenols is 1. The molecule has 1 N–H and O–H groups in total. The van der Waals surface area contributed by atoms with E-state index in [1.165, 1.54) is 12.8 Å². The van der Waals surface area contributed by atoms with Gasteiger partial charge < -0.3 is 14.7 Å². The van der Waals surface area contributed by atoms with Crippen molar-refractivity contribution in [1.29, 1.82) is 0 Å². The summed E-state index contributed by atoms with van der Waals surface area (Å²) in [5.74, 6) is 0.313. The highest BCUT2D eigenvalue weighted by Gasteiger charge is 2.22. The Labute approximate surface area is 90.3 Å². The van der Waals surface area contributed by atoms with Gasteiger partial charge in [0.2, 0.25) is 0 Å². The van der Waals surface area contributed by atoms with E-state index in [2.05, 4.69) is 4.90 Å². The van der Waals surface area contributed by atoms with Crippen LogP contribution in [0.4, 0.5) is 5.69 Å². The van der Waals surface area contributed by atoms with Gasteiger partial charge in [-0.15, -0.1) is 0 Å². The third-order valence-corrected chi connectivity index (χ3v) is 2.88. The first-order valence-electron chi connectivity index (χ1n) is 5.40. The van der Waals surface area contributed by atoms with Crippen LogP contribution in [0.5, 0.6) is 5.75 Å². The van der Waals surface area contributed by atoms with E-state index >= 15 is 0 Å². The molecule has 1 fully saturated rings. The van der Waals surface area contributed by atoms with Gasteiger partial charge in [-0.2, -0.15) is 0 Å². The van der Waals surface area contributed by atoms with Crippen molar-refractivity contribution in [2.45, 2.75) is 25.5 Å². The van der Waals surface area contributed by atoms with Crippen molar-refractivity contribution in [1.82, 2.24) is 0 Å². The molecule has 3 nitrogen and oxygen atoms in total. The summed E-state index contributed by atoms with van der Waals surface area (Å²) in [5.41, 5.74) is 1.04. The van der Waals surface area contributed by atoms with E-state index in [4.69, 9.17) is 4.74 Å². The average Bonchev–Trinajstić information content (AvgIpc) is 2.29. The summed E-state index contributed by atoms with van der Waals surface area (Å²) in [7, 11) is 1.74. The number of benzene rings is 1. The molecule has 3 heteroatoms. The van der Waals surface area contributed by atoms with Gasteiger partial charge in [0.25, 0.3) is 0 Å². The van der Waals surface area contributed by atoms with E-state index in [9.17, 15) is 5.11 Å². The highest BCUT2D eigenvalue weighted by atomic mass is 16.5. The molecule has 82 valence electrons. The van der Waals surface area contributed by atoms with Crippen LogP contribution >= 0.6 is 0 Å². The van der Waals surface area contributed by atoms with Gasteiger partial charge in [-0.3, -0.25) is 0 Å². The highest BCUT2D eigenvalue weighted by molar-refractivity contribution is 5.51. The minimum atomic E-state index is 0.153. The molecule has 1 aliphatic heterocycles. The van der Waals surface area contributed by atoms with Crippen molar-refractivity contribution in [3.8, 4) is 5.75 Å². The Kier molecular flexibility index (Phi) is 3.11. The molecule has 1 saturated heterocycles. The molecular weight excluding hydrogens is 190 g/mol.